The van der Waals surface area contributed by atoms with Gasteiger partial charge in [-0.25, -0.2) is 8.42 Å². The molecule has 1 atom stereocenters. The number of carbonyl (C=O) groups excluding carboxylic acids is 2. The molecule has 0 radical (unpaired) electrons. The molecule has 2 aromatic rings. The molecule has 2 amide bonds. The lowest BCUT2D eigenvalue weighted by atomic mass is 10.1. The fraction of sp³-hybridized carbons (Fsp3) is 0.364. The monoisotopic (exact) mass is 447 g/mol. The lowest BCUT2D eigenvalue weighted by Gasteiger charge is -2.31. The van der Waals surface area contributed by atoms with Crippen molar-refractivity contribution < 1.29 is 22.7 Å². The molecule has 0 saturated heterocycles. The summed E-state index contributed by atoms with van der Waals surface area (Å²) in [6.07, 6.45) is 1.06. The fourth-order valence-corrected chi connectivity index (χ4v) is 4.10. The van der Waals surface area contributed by atoms with Crippen LogP contribution in [0.25, 0.3) is 0 Å². The zero-order chi connectivity index (χ0) is 23.2. The quantitative estimate of drug-likeness (QED) is 0.634. The second kappa shape index (κ2) is 10.3. The average molecular weight is 448 g/mol. The van der Waals surface area contributed by atoms with Crippen LogP contribution < -0.4 is 14.4 Å². The summed E-state index contributed by atoms with van der Waals surface area (Å²) in [5.41, 5.74) is 1.90. The number of nitrogens with one attached hydrogen (secondary N) is 1. The maximum absolute atomic E-state index is 13.3. The molecule has 0 spiro atoms. The van der Waals surface area contributed by atoms with Crippen molar-refractivity contribution in [1.29, 1.82) is 0 Å². The number of amides is 2. The van der Waals surface area contributed by atoms with Gasteiger partial charge in [0.2, 0.25) is 21.8 Å². The molecule has 0 saturated carbocycles. The molecule has 0 aliphatic carbocycles. The number of para-hydroxylation sites is 1. The third-order valence-electron chi connectivity index (χ3n) is 4.96. The van der Waals surface area contributed by atoms with Gasteiger partial charge in [0, 0.05) is 13.6 Å². The number of sulfonamides is 1. The van der Waals surface area contributed by atoms with E-state index < -0.39 is 28.5 Å². The molecule has 0 fully saturated rings. The number of likely N-dealkylation sites (N-methyl/N-ethyl adjacent to an activating group) is 1. The minimum Gasteiger partial charge on any atom is -0.497 e. The van der Waals surface area contributed by atoms with Gasteiger partial charge >= 0.3 is 0 Å². The Kier molecular flexibility index (Phi) is 8.04. The molecular weight excluding hydrogens is 418 g/mol. The Morgan fingerprint density at radius 3 is 2.39 bits per heavy atom. The van der Waals surface area contributed by atoms with Gasteiger partial charge in [0.25, 0.3) is 0 Å². The molecule has 168 valence electrons. The van der Waals surface area contributed by atoms with Crippen LogP contribution in [-0.4, -0.2) is 58.1 Å². The number of aryl methyl sites for hydroxylation is 1. The van der Waals surface area contributed by atoms with Crippen LogP contribution in [0.5, 0.6) is 5.75 Å². The molecule has 0 aromatic heterocycles. The van der Waals surface area contributed by atoms with Crippen molar-refractivity contribution in [2.45, 2.75) is 26.4 Å². The highest BCUT2D eigenvalue weighted by Crippen LogP contribution is 2.23. The molecule has 0 heterocycles. The minimum absolute atomic E-state index is 0.121. The molecule has 0 aliphatic heterocycles. The van der Waals surface area contributed by atoms with Gasteiger partial charge in [-0.2, -0.15) is 0 Å². The van der Waals surface area contributed by atoms with Crippen molar-refractivity contribution in [1.82, 2.24) is 10.2 Å². The van der Waals surface area contributed by atoms with Gasteiger partial charge in [-0.05, 0) is 43.2 Å². The summed E-state index contributed by atoms with van der Waals surface area (Å²) in [6.45, 7) is 3.08. The smallest absolute Gasteiger partial charge is 0.244 e. The van der Waals surface area contributed by atoms with E-state index in [1.807, 2.05) is 6.07 Å². The lowest BCUT2D eigenvalue weighted by molar-refractivity contribution is -0.139. The Morgan fingerprint density at radius 2 is 1.81 bits per heavy atom. The summed E-state index contributed by atoms with van der Waals surface area (Å²) in [6, 6.07) is 13.3. The first-order valence-corrected chi connectivity index (χ1v) is 11.6. The number of hydrogen-bond donors (Lipinski definition) is 1. The van der Waals surface area contributed by atoms with Crippen molar-refractivity contribution in [3.05, 3.63) is 59.7 Å². The maximum Gasteiger partial charge on any atom is 0.244 e. The Bertz CT molecular complexity index is 1040. The molecule has 9 heteroatoms. The normalized spacial score (nSPS) is 12.0. The Balaban J connectivity index is 2.40. The van der Waals surface area contributed by atoms with Gasteiger partial charge in [0.05, 0.1) is 19.1 Å². The molecule has 31 heavy (non-hydrogen) atoms. The number of carbonyl (C=O) groups is 2. The Labute approximate surface area is 183 Å². The number of ether oxygens (including phenoxy) is 1. The predicted molar refractivity (Wildman–Crippen MR) is 120 cm³/mol. The van der Waals surface area contributed by atoms with E-state index >= 15 is 0 Å². The van der Waals surface area contributed by atoms with E-state index in [0.717, 1.165) is 21.7 Å². The van der Waals surface area contributed by atoms with Crippen LogP contribution in [0.1, 0.15) is 18.1 Å². The average Bonchev–Trinajstić information content (AvgIpc) is 2.74. The van der Waals surface area contributed by atoms with E-state index in [4.69, 9.17) is 4.74 Å². The summed E-state index contributed by atoms with van der Waals surface area (Å²) in [5, 5.41) is 2.54. The summed E-state index contributed by atoms with van der Waals surface area (Å²) in [5.74, 6) is -0.221. The standard InChI is InChI=1S/C22H29N3O5S/c1-16-9-6-7-12-20(16)25(31(5,28)29)15-21(26)24(17(2)22(27)23-3)14-18-10-8-11-19(13-18)30-4/h6-13,17H,14-15H2,1-5H3,(H,23,27). The number of rotatable bonds is 9. The highest BCUT2D eigenvalue weighted by atomic mass is 32.2. The zero-order valence-corrected chi connectivity index (χ0v) is 19.3. The van der Waals surface area contributed by atoms with Crippen LogP contribution in [0, 0.1) is 6.92 Å². The second-order valence-electron chi connectivity index (χ2n) is 7.22. The van der Waals surface area contributed by atoms with Crippen molar-refractivity contribution in [2.75, 3.05) is 31.3 Å². The van der Waals surface area contributed by atoms with E-state index in [0.29, 0.717) is 11.4 Å². The van der Waals surface area contributed by atoms with Crippen LogP contribution in [0.4, 0.5) is 5.69 Å². The van der Waals surface area contributed by atoms with Gasteiger partial charge in [-0.1, -0.05) is 30.3 Å². The molecule has 2 rings (SSSR count). The summed E-state index contributed by atoms with van der Waals surface area (Å²) in [4.78, 5) is 27.0. The molecule has 1 N–H and O–H groups in total. The number of anilines is 1. The van der Waals surface area contributed by atoms with Gasteiger partial charge in [-0.3, -0.25) is 13.9 Å². The van der Waals surface area contributed by atoms with Gasteiger partial charge in [0.1, 0.15) is 18.3 Å². The number of hydrogen-bond acceptors (Lipinski definition) is 5. The summed E-state index contributed by atoms with van der Waals surface area (Å²) < 4.78 is 31.3. The second-order valence-corrected chi connectivity index (χ2v) is 9.13. The highest BCUT2D eigenvalue weighted by Gasteiger charge is 2.30. The van der Waals surface area contributed by atoms with E-state index in [9.17, 15) is 18.0 Å². The number of methoxy groups -OCH3 is 1. The van der Waals surface area contributed by atoms with E-state index in [1.54, 1.807) is 63.4 Å². The summed E-state index contributed by atoms with van der Waals surface area (Å²) in [7, 11) is -0.707. The minimum atomic E-state index is -3.74. The number of benzene rings is 2. The third kappa shape index (κ3) is 6.21. The van der Waals surface area contributed by atoms with Crippen LogP contribution in [0.3, 0.4) is 0 Å². The summed E-state index contributed by atoms with van der Waals surface area (Å²) >= 11 is 0. The fourth-order valence-electron chi connectivity index (χ4n) is 3.20. The van der Waals surface area contributed by atoms with E-state index in [-0.39, 0.29) is 12.5 Å². The van der Waals surface area contributed by atoms with Crippen molar-refractivity contribution in [3.8, 4) is 5.75 Å². The van der Waals surface area contributed by atoms with Crippen molar-refractivity contribution in [2.24, 2.45) is 0 Å². The highest BCUT2D eigenvalue weighted by molar-refractivity contribution is 7.92. The molecule has 1 unspecified atom stereocenters. The first kappa shape index (κ1) is 24.2. The Morgan fingerprint density at radius 1 is 1.13 bits per heavy atom. The van der Waals surface area contributed by atoms with Crippen LogP contribution in [0.2, 0.25) is 0 Å². The van der Waals surface area contributed by atoms with Crippen molar-refractivity contribution in [3.63, 3.8) is 0 Å². The predicted octanol–water partition coefficient (Wildman–Crippen LogP) is 1.93. The molecule has 0 bridgehead atoms. The SMILES string of the molecule is CNC(=O)C(C)N(Cc1cccc(OC)c1)C(=O)CN(c1ccccc1C)S(C)(=O)=O. The molecule has 0 aliphatic rings. The third-order valence-corrected chi connectivity index (χ3v) is 6.09. The van der Waals surface area contributed by atoms with Gasteiger partial charge < -0.3 is 15.0 Å². The van der Waals surface area contributed by atoms with Crippen molar-refractivity contribution >= 4 is 27.5 Å². The van der Waals surface area contributed by atoms with Crippen LogP contribution in [-0.2, 0) is 26.2 Å². The first-order valence-electron chi connectivity index (χ1n) is 9.75. The first-order chi connectivity index (χ1) is 14.6. The lowest BCUT2D eigenvalue weighted by Crippen LogP contribution is -2.50. The van der Waals surface area contributed by atoms with Gasteiger partial charge in [0.15, 0.2) is 0 Å². The zero-order valence-electron chi connectivity index (χ0n) is 18.5. The molecule has 2 aromatic carbocycles. The van der Waals surface area contributed by atoms with Crippen LogP contribution >= 0.6 is 0 Å². The maximum atomic E-state index is 13.3. The van der Waals surface area contributed by atoms with E-state index in [1.165, 1.54) is 11.9 Å². The topological polar surface area (TPSA) is 96.0 Å². The van der Waals surface area contributed by atoms with Crippen LogP contribution in [0.15, 0.2) is 48.5 Å². The van der Waals surface area contributed by atoms with Gasteiger partial charge in [-0.15, -0.1) is 0 Å². The molecular formula is C22H29N3O5S. The Hall–Kier alpha value is -3.07. The number of nitrogens with zero attached hydrogens (tertiary/aromatic N) is 2. The largest absolute Gasteiger partial charge is 0.497 e. The molecule has 8 nitrogen and oxygen atoms in total. The van der Waals surface area contributed by atoms with E-state index in [2.05, 4.69) is 5.32 Å².